The summed E-state index contributed by atoms with van der Waals surface area (Å²) in [6.45, 7) is 18.7. The van der Waals surface area contributed by atoms with Crippen LogP contribution >= 0.6 is 0 Å². The molecule has 0 aromatic rings. The Kier molecular flexibility index (Phi) is 28.6. The third kappa shape index (κ3) is 26.4. The molecule has 0 radical (unpaired) electrons. The summed E-state index contributed by atoms with van der Waals surface area (Å²) in [6, 6.07) is 0. The number of carbonyl (C=O) groups excluding carboxylic acids is 8. The third-order valence-electron chi connectivity index (χ3n) is 7.45. The summed E-state index contributed by atoms with van der Waals surface area (Å²) in [5.74, 6) is -6.69. The second-order valence-corrected chi connectivity index (χ2v) is 13.4. The molecule has 0 bridgehead atoms. The summed E-state index contributed by atoms with van der Waals surface area (Å²) in [5.41, 5.74) is -0.191. The molecule has 0 heterocycles. The topological polar surface area (TPSA) is 217 Å². The number of nitrogens with zero attached hydrogens (tertiary/aromatic N) is 2. The maximum atomic E-state index is 12.7. The SMILES string of the molecule is C=C(C)C(=O)OCCOC(=O)C(=CC=CN(C)CCCCCCN(C)C=CC=C(C(=O)OCCOC(=O)C(=C)C)C(=O)OCCOC(=O)C(=C)C)C(=O)OCCOC(=O)C(=C)C. The normalized spacial score (nSPS) is 10.4. The first-order valence-corrected chi connectivity index (χ1v) is 19.4. The number of hydrogen-bond acceptors (Lipinski definition) is 18. The highest BCUT2D eigenvalue weighted by Crippen LogP contribution is 2.08. The molecule has 0 spiro atoms. The van der Waals surface area contributed by atoms with Crippen molar-refractivity contribution in [2.45, 2.75) is 53.4 Å². The van der Waals surface area contributed by atoms with Crippen molar-refractivity contribution < 1.29 is 76.3 Å². The fourth-order valence-corrected chi connectivity index (χ4v) is 4.11. The Bertz CT molecular complexity index is 1530. The average molecular weight is 873 g/mol. The number of hydrogen-bond donors (Lipinski definition) is 0. The van der Waals surface area contributed by atoms with Crippen molar-refractivity contribution >= 4 is 47.8 Å². The number of rotatable bonds is 31. The van der Waals surface area contributed by atoms with Crippen LogP contribution in [0.5, 0.6) is 0 Å². The minimum Gasteiger partial charge on any atom is -0.459 e. The van der Waals surface area contributed by atoms with Crippen LogP contribution in [0.4, 0.5) is 0 Å². The molecular formula is C44H60N2O16. The van der Waals surface area contributed by atoms with Crippen LogP contribution in [-0.4, -0.2) is 138 Å². The van der Waals surface area contributed by atoms with E-state index in [0.29, 0.717) is 13.1 Å². The van der Waals surface area contributed by atoms with Gasteiger partial charge in [0.1, 0.15) is 64.0 Å². The maximum absolute atomic E-state index is 12.7. The molecule has 18 nitrogen and oxygen atoms in total. The lowest BCUT2D eigenvalue weighted by atomic mass is 10.2. The lowest BCUT2D eigenvalue weighted by Gasteiger charge is -2.15. The predicted molar refractivity (Wildman–Crippen MR) is 225 cm³/mol. The Morgan fingerprint density at radius 3 is 0.790 bits per heavy atom. The number of ether oxygens (including phenoxy) is 8. The van der Waals surface area contributed by atoms with Gasteiger partial charge < -0.3 is 47.7 Å². The Morgan fingerprint density at radius 1 is 0.371 bits per heavy atom. The molecule has 0 amide bonds. The van der Waals surface area contributed by atoms with Gasteiger partial charge in [-0.1, -0.05) is 39.2 Å². The molecule has 0 aliphatic heterocycles. The first-order chi connectivity index (χ1) is 29.3. The van der Waals surface area contributed by atoms with E-state index in [4.69, 9.17) is 37.9 Å². The van der Waals surface area contributed by atoms with Gasteiger partial charge in [-0.3, -0.25) is 0 Å². The van der Waals surface area contributed by atoms with Crippen molar-refractivity contribution in [1.29, 1.82) is 0 Å². The van der Waals surface area contributed by atoms with E-state index in [-0.39, 0.29) is 75.1 Å². The zero-order valence-corrected chi connectivity index (χ0v) is 36.6. The van der Waals surface area contributed by atoms with Crippen LogP contribution in [0.2, 0.25) is 0 Å². The van der Waals surface area contributed by atoms with Gasteiger partial charge in [0.25, 0.3) is 0 Å². The van der Waals surface area contributed by atoms with Crippen molar-refractivity contribution in [3.8, 4) is 0 Å². The van der Waals surface area contributed by atoms with Crippen LogP contribution in [0, 0.1) is 0 Å². The van der Waals surface area contributed by atoms with E-state index < -0.39 is 58.9 Å². The van der Waals surface area contributed by atoms with Gasteiger partial charge in [0.15, 0.2) is 0 Å². The van der Waals surface area contributed by atoms with Gasteiger partial charge in [0.2, 0.25) is 0 Å². The number of esters is 8. The molecule has 62 heavy (non-hydrogen) atoms. The van der Waals surface area contributed by atoms with Crippen LogP contribution in [0.1, 0.15) is 53.4 Å². The van der Waals surface area contributed by atoms with Crippen molar-refractivity contribution in [1.82, 2.24) is 9.80 Å². The molecule has 0 saturated heterocycles. The minimum atomic E-state index is -1.01. The quantitative estimate of drug-likeness (QED) is 0.0183. The molecule has 0 aliphatic carbocycles. The van der Waals surface area contributed by atoms with Crippen LogP contribution in [0.3, 0.4) is 0 Å². The summed E-state index contributed by atoms with van der Waals surface area (Å²) in [5, 5.41) is 0. The van der Waals surface area contributed by atoms with Gasteiger partial charge in [-0.15, -0.1) is 0 Å². The average Bonchev–Trinajstić information content (AvgIpc) is 3.21. The Morgan fingerprint density at radius 2 is 0.581 bits per heavy atom. The molecule has 0 atom stereocenters. The second-order valence-electron chi connectivity index (χ2n) is 13.4. The van der Waals surface area contributed by atoms with E-state index in [1.165, 1.54) is 52.0 Å². The highest BCUT2D eigenvalue weighted by atomic mass is 16.6. The van der Waals surface area contributed by atoms with E-state index in [0.717, 1.165) is 25.7 Å². The molecule has 342 valence electrons. The second kappa shape index (κ2) is 32.1. The monoisotopic (exact) mass is 872 g/mol. The number of allylic oxidation sites excluding steroid dienone is 4. The molecule has 0 aliphatic rings. The van der Waals surface area contributed by atoms with Gasteiger partial charge in [-0.25, -0.2) is 38.4 Å². The van der Waals surface area contributed by atoms with Gasteiger partial charge in [0, 0.05) is 49.5 Å². The predicted octanol–water partition coefficient (Wildman–Crippen LogP) is 3.94. The van der Waals surface area contributed by atoms with E-state index in [2.05, 4.69) is 26.3 Å². The van der Waals surface area contributed by atoms with Gasteiger partial charge in [0.05, 0.1) is 0 Å². The lowest BCUT2D eigenvalue weighted by molar-refractivity contribution is -0.153. The molecule has 0 saturated carbocycles. The van der Waals surface area contributed by atoms with Crippen LogP contribution in [-0.2, 0) is 76.3 Å². The first-order valence-electron chi connectivity index (χ1n) is 19.4. The molecular weight excluding hydrogens is 812 g/mol. The summed E-state index contributed by atoms with van der Waals surface area (Å²) < 4.78 is 39.9. The highest BCUT2D eigenvalue weighted by molar-refractivity contribution is 6.15. The zero-order valence-electron chi connectivity index (χ0n) is 36.6. The smallest absolute Gasteiger partial charge is 0.345 e. The van der Waals surface area contributed by atoms with Crippen LogP contribution < -0.4 is 0 Å². The summed E-state index contributed by atoms with van der Waals surface area (Å²) in [7, 11) is 3.63. The van der Waals surface area contributed by atoms with E-state index in [1.54, 1.807) is 12.4 Å². The number of unbranched alkanes of at least 4 members (excludes halogenated alkanes) is 3. The molecule has 0 fully saturated rings. The summed E-state index contributed by atoms with van der Waals surface area (Å²) >= 11 is 0. The fourth-order valence-electron chi connectivity index (χ4n) is 4.11. The Labute approximate surface area is 363 Å². The van der Waals surface area contributed by atoms with Crippen molar-refractivity contribution in [2.24, 2.45) is 0 Å². The largest absolute Gasteiger partial charge is 0.459 e. The molecule has 0 N–H and O–H groups in total. The van der Waals surface area contributed by atoms with Gasteiger partial charge in [-0.05, 0) is 77.2 Å². The minimum absolute atomic E-state index is 0.170. The molecule has 0 aromatic carbocycles. The van der Waals surface area contributed by atoms with Gasteiger partial charge in [-0.2, -0.15) is 0 Å². The lowest BCUT2D eigenvalue weighted by Crippen LogP contribution is -2.22. The molecule has 18 heteroatoms. The van der Waals surface area contributed by atoms with Crippen molar-refractivity contribution in [2.75, 3.05) is 80.0 Å². The molecule has 0 aromatic heterocycles. The molecule has 0 unspecified atom stereocenters. The Hall–Kier alpha value is -6.72. The van der Waals surface area contributed by atoms with Crippen molar-refractivity contribution in [3.05, 3.63) is 96.5 Å². The van der Waals surface area contributed by atoms with Crippen LogP contribution in [0.15, 0.2) is 96.5 Å². The van der Waals surface area contributed by atoms with E-state index >= 15 is 0 Å². The van der Waals surface area contributed by atoms with Crippen molar-refractivity contribution in [3.63, 3.8) is 0 Å². The summed E-state index contributed by atoms with van der Waals surface area (Å²) in [6.07, 6.45) is 12.1. The summed E-state index contributed by atoms with van der Waals surface area (Å²) in [4.78, 5) is 101. The maximum Gasteiger partial charge on any atom is 0.345 e. The van der Waals surface area contributed by atoms with Crippen LogP contribution in [0.25, 0.3) is 0 Å². The first kappa shape index (κ1) is 55.3. The fraction of sp³-hybridized carbons (Fsp3) is 0.455. The molecule has 0 rings (SSSR count). The third-order valence-corrected chi connectivity index (χ3v) is 7.45. The Balaban J connectivity index is 5.18. The highest BCUT2D eigenvalue weighted by Gasteiger charge is 2.23. The zero-order chi connectivity index (χ0) is 47.0. The van der Waals surface area contributed by atoms with E-state index in [1.807, 2.05) is 23.9 Å². The standard InChI is InChI=1S/C44H60N2O16/c1-31(2)37(47)55-23-27-59-41(51)35(42(52)60-28-24-56-38(48)32(3)4)17-15-21-45(9)19-13-11-12-14-20-46(10)22-16-18-36(43(53)61-29-25-57-39(49)33(5)6)44(54)62-30-26-58-40(50)34(7)8/h15-18,21-22H,1,3,5,7,11-14,19-20,23-30H2,2,4,6,8-10H3. The van der Waals surface area contributed by atoms with Gasteiger partial charge >= 0.3 is 47.8 Å². The number of carbonyl (C=O) groups is 8. The van der Waals surface area contributed by atoms with E-state index in [9.17, 15) is 38.4 Å².